The lowest BCUT2D eigenvalue weighted by Gasteiger charge is -2.34. The molecule has 2 fully saturated rings. The van der Waals surface area contributed by atoms with Gasteiger partial charge in [0.1, 0.15) is 5.25 Å². The summed E-state index contributed by atoms with van der Waals surface area (Å²) in [5.74, 6) is -0.286. The van der Waals surface area contributed by atoms with E-state index in [4.69, 9.17) is 4.74 Å². The van der Waals surface area contributed by atoms with Gasteiger partial charge in [-0.3, -0.25) is 9.69 Å². The molecule has 0 spiro atoms. The van der Waals surface area contributed by atoms with Crippen LogP contribution in [0.25, 0.3) is 0 Å². The first kappa shape index (κ1) is 14.7. The van der Waals surface area contributed by atoms with Crippen LogP contribution in [0.1, 0.15) is 13.3 Å². The number of morpholine rings is 1. The normalized spacial score (nSPS) is 27.8. The summed E-state index contributed by atoms with van der Waals surface area (Å²) in [5.41, 5.74) is 0. The van der Waals surface area contributed by atoms with E-state index in [9.17, 15) is 17.1 Å². The Kier molecular flexibility index (Phi) is 4.42. The molecule has 6 nitrogen and oxygen atoms in total. The fraction of sp³-hybridized carbons (Fsp3) is 0.909. The first-order valence-electron chi connectivity index (χ1n) is 6.41. The average Bonchev–Trinajstić information content (AvgIpc) is 2.72. The van der Waals surface area contributed by atoms with Crippen molar-refractivity contribution in [3.05, 3.63) is 0 Å². The fourth-order valence-corrected chi connectivity index (χ4v) is 3.25. The van der Waals surface area contributed by atoms with Gasteiger partial charge < -0.3 is 9.64 Å². The zero-order valence-electron chi connectivity index (χ0n) is 10.9. The number of carbonyl (C=O) groups is 1. The number of carbonyl (C=O) groups excluding carboxylic acids is 1. The Labute approximate surface area is 112 Å². The molecule has 110 valence electrons. The minimum absolute atomic E-state index is 0.0354. The van der Waals surface area contributed by atoms with Crippen LogP contribution in [0.15, 0.2) is 0 Å². The van der Waals surface area contributed by atoms with Crippen LogP contribution in [-0.2, 0) is 19.8 Å². The fourth-order valence-electron chi connectivity index (χ4n) is 2.55. The maximum Gasteiger partial charge on any atom is 0.307 e. The molecule has 0 bridgehead atoms. The van der Waals surface area contributed by atoms with Gasteiger partial charge in [-0.15, -0.1) is 3.89 Å². The molecule has 0 N–H and O–H groups in total. The van der Waals surface area contributed by atoms with Crippen LogP contribution < -0.4 is 0 Å². The number of hydrogen-bond donors (Lipinski definition) is 0. The molecule has 2 atom stereocenters. The van der Waals surface area contributed by atoms with Gasteiger partial charge >= 0.3 is 10.2 Å². The Morgan fingerprint density at radius 2 is 2.05 bits per heavy atom. The van der Waals surface area contributed by atoms with Gasteiger partial charge in [-0.25, -0.2) is 0 Å². The molecular formula is C11H19FN2O4S. The highest BCUT2D eigenvalue weighted by Gasteiger charge is 2.39. The summed E-state index contributed by atoms with van der Waals surface area (Å²) in [4.78, 5) is 15.3. The Balaban J connectivity index is 1.90. The summed E-state index contributed by atoms with van der Waals surface area (Å²) in [7, 11) is -4.63. The molecule has 8 heteroatoms. The van der Waals surface area contributed by atoms with Gasteiger partial charge in [-0.05, 0) is 6.92 Å². The number of ether oxygens (including phenoxy) is 1. The van der Waals surface area contributed by atoms with Crippen molar-refractivity contribution >= 4 is 16.1 Å². The van der Waals surface area contributed by atoms with Gasteiger partial charge in [0.15, 0.2) is 0 Å². The second-order valence-electron chi connectivity index (χ2n) is 5.10. The summed E-state index contributed by atoms with van der Waals surface area (Å²) >= 11 is 0. The highest BCUT2D eigenvalue weighted by Crippen LogP contribution is 2.20. The molecule has 0 aromatic rings. The van der Waals surface area contributed by atoms with E-state index >= 15 is 0 Å². The molecule has 19 heavy (non-hydrogen) atoms. The second kappa shape index (κ2) is 5.72. The molecule has 2 aliphatic heterocycles. The number of rotatable bonds is 4. The number of nitrogens with zero attached hydrogens (tertiary/aromatic N) is 2. The predicted octanol–water partition coefficient (Wildman–Crippen LogP) is -0.393. The maximum atomic E-state index is 12.9. The van der Waals surface area contributed by atoms with E-state index in [0.717, 1.165) is 13.1 Å². The van der Waals surface area contributed by atoms with Crippen molar-refractivity contribution in [2.75, 3.05) is 39.4 Å². The minimum atomic E-state index is -4.63. The standard InChI is InChI=1S/C11H19FN2O4S/c1-9(13-2-4-18-5-3-13)7-14-8-10(6-11(14)15)19(12,16)17/h9-10H,2-8H2,1H3. The zero-order chi connectivity index (χ0) is 14.0. The van der Waals surface area contributed by atoms with E-state index in [1.54, 1.807) is 0 Å². The van der Waals surface area contributed by atoms with Crippen molar-refractivity contribution in [2.45, 2.75) is 24.6 Å². The lowest BCUT2D eigenvalue weighted by Crippen LogP contribution is -2.47. The molecule has 2 aliphatic rings. The summed E-state index contributed by atoms with van der Waals surface area (Å²) in [6.07, 6.45) is -0.241. The predicted molar refractivity (Wildman–Crippen MR) is 66.9 cm³/mol. The summed E-state index contributed by atoms with van der Waals surface area (Å²) in [5, 5.41) is -1.20. The molecule has 0 radical (unpaired) electrons. The van der Waals surface area contributed by atoms with E-state index in [1.165, 1.54) is 4.90 Å². The van der Waals surface area contributed by atoms with Gasteiger partial charge in [0, 0.05) is 38.6 Å². The largest absolute Gasteiger partial charge is 0.379 e. The van der Waals surface area contributed by atoms with Gasteiger partial charge in [0.25, 0.3) is 0 Å². The maximum absolute atomic E-state index is 12.9. The third-order valence-corrected chi connectivity index (χ3v) is 4.84. The number of halogens is 1. The Bertz CT molecular complexity index is 436. The van der Waals surface area contributed by atoms with Crippen molar-refractivity contribution in [2.24, 2.45) is 0 Å². The third kappa shape index (κ3) is 3.64. The van der Waals surface area contributed by atoms with Crippen LogP contribution in [0.4, 0.5) is 3.89 Å². The number of amides is 1. The molecule has 0 saturated carbocycles. The Hall–Kier alpha value is -0.730. The van der Waals surface area contributed by atoms with Crippen molar-refractivity contribution < 1.29 is 21.8 Å². The number of hydrogen-bond acceptors (Lipinski definition) is 5. The highest BCUT2D eigenvalue weighted by molar-refractivity contribution is 7.87. The molecule has 2 unspecified atom stereocenters. The van der Waals surface area contributed by atoms with Crippen molar-refractivity contribution in [3.63, 3.8) is 0 Å². The SMILES string of the molecule is CC(CN1CC(S(=O)(=O)F)CC1=O)N1CCOCC1. The lowest BCUT2D eigenvalue weighted by atomic mass is 10.2. The van der Waals surface area contributed by atoms with E-state index < -0.39 is 15.5 Å². The zero-order valence-corrected chi connectivity index (χ0v) is 11.7. The van der Waals surface area contributed by atoms with E-state index in [0.29, 0.717) is 19.8 Å². The van der Waals surface area contributed by atoms with Crippen LogP contribution >= 0.6 is 0 Å². The van der Waals surface area contributed by atoms with Gasteiger partial charge in [-0.2, -0.15) is 8.42 Å². The van der Waals surface area contributed by atoms with Gasteiger partial charge in [0.2, 0.25) is 5.91 Å². The van der Waals surface area contributed by atoms with Crippen molar-refractivity contribution in [3.8, 4) is 0 Å². The minimum Gasteiger partial charge on any atom is -0.379 e. The second-order valence-corrected chi connectivity index (χ2v) is 6.72. The Morgan fingerprint density at radius 1 is 1.42 bits per heavy atom. The van der Waals surface area contributed by atoms with Gasteiger partial charge in [-0.1, -0.05) is 0 Å². The molecule has 2 saturated heterocycles. The van der Waals surface area contributed by atoms with E-state index in [2.05, 4.69) is 4.90 Å². The van der Waals surface area contributed by atoms with Gasteiger partial charge in [0.05, 0.1) is 13.2 Å². The lowest BCUT2D eigenvalue weighted by molar-refractivity contribution is -0.128. The summed E-state index contributed by atoms with van der Waals surface area (Å²) < 4.78 is 39.8. The first-order chi connectivity index (χ1) is 8.88. The van der Waals surface area contributed by atoms with Crippen LogP contribution in [0.5, 0.6) is 0 Å². The van der Waals surface area contributed by atoms with Crippen molar-refractivity contribution in [1.82, 2.24) is 9.80 Å². The topological polar surface area (TPSA) is 66.9 Å². The first-order valence-corrected chi connectivity index (χ1v) is 7.85. The average molecular weight is 294 g/mol. The van der Waals surface area contributed by atoms with E-state index in [1.807, 2.05) is 6.92 Å². The summed E-state index contributed by atoms with van der Waals surface area (Å²) in [6, 6.07) is 0.119. The van der Waals surface area contributed by atoms with Crippen LogP contribution in [0.3, 0.4) is 0 Å². The summed E-state index contributed by atoms with van der Waals surface area (Å²) in [6.45, 7) is 5.31. The Morgan fingerprint density at radius 3 is 2.58 bits per heavy atom. The van der Waals surface area contributed by atoms with Crippen molar-refractivity contribution in [1.29, 1.82) is 0 Å². The third-order valence-electron chi connectivity index (χ3n) is 3.73. The van der Waals surface area contributed by atoms with Crippen LogP contribution in [0, 0.1) is 0 Å². The molecular weight excluding hydrogens is 275 g/mol. The quantitative estimate of drug-likeness (QED) is 0.661. The molecule has 1 amide bonds. The highest BCUT2D eigenvalue weighted by atomic mass is 32.3. The molecule has 2 rings (SSSR count). The van der Waals surface area contributed by atoms with E-state index in [-0.39, 0.29) is 24.9 Å². The number of likely N-dealkylation sites (tertiary alicyclic amines) is 1. The molecule has 0 aromatic heterocycles. The van der Waals surface area contributed by atoms with Crippen LogP contribution in [0.2, 0.25) is 0 Å². The molecule has 0 aliphatic carbocycles. The monoisotopic (exact) mass is 294 g/mol. The molecule has 0 aromatic carbocycles. The molecule has 2 heterocycles. The smallest absolute Gasteiger partial charge is 0.307 e. The van der Waals surface area contributed by atoms with Crippen LogP contribution in [-0.4, -0.2) is 74.8 Å².